The Hall–Kier alpha value is -2.20. The first-order chi connectivity index (χ1) is 13.9. The summed E-state index contributed by atoms with van der Waals surface area (Å²) in [5.41, 5.74) is -7.84. The molecule has 0 radical (unpaired) electrons. The lowest BCUT2D eigenvalue weighted by Gasteiger charge is -2.43. The number of carboxylic acid groups (broad SMARTS) is 1. The lowest BCUT2D eigenvalue weighted by Crippen LogP contribution is -2.72. The van der Waals surface area contributed by atoms with E-state index in [0.717, 1.165) is 6.42 Å². The normalized spacial score (nSPS) is 31.4. The van der Waals surface area contributed by atoms with E-state index in [0.29, 0.717) is 12.8 Å². The van der Waals surface area contributed by atoms with E-state index in [-0.39, 0.29) is 22.2 Å². The highest BCUT2D eigenvalue weighted by atomic mass is 19.2. The maximum atomic E-state index is 15.2. The zero-order valence-electron chi connectivity index (χ0n) is 16.0. The standard InChI is InChI=1S/C16H24FN3O10/c1-2-3-4-5-6-20(29)15(27)14(17,26)10(8-21)30-16(15,28)19-7-9(12(23)24)11(22)18-13(19)25/h7,10,21,26-29H,2-6,8H2,1H3,(H,23,24)(H,18,22,25)/t10-,14-,15-,16-/m1/s1. The van der Waals surface area contributed by atoms with Crippen LogP contribution in [0.1, 0.15) is 43.0 Å². The number of H-pyrrole nitrogens is 1. The third-order valence-corrected chi connectivity index (χ3v) is 4.94. The number of aromatic carboxylic acids is 1. The second-order valence-electron chi connectivity index (χ2n) is 6.90. The Morgan fingerprint density at radius 2 is 1.93 bits per heavy atom. The molecule has 0 bridgehead atoms. The summed E-state index contributed by atoms with van der Waals surface area (Å²) in [7, 11) is 0. The fourth-order valence-electron chi connectivity index (χ4n) is 3.24. The lowest BCUT2D eigenvalue weighted by atomic mass is 9.97. The predicted molar refractivity (Wildman–Crippen MR) is 94.1 cm³/mol. The Balaban J connectivity index is 2.65. The van der Waals surface area contributed by atoms with Gasteiger partial charge in [-0.1, -0.05) is 26.2 Å². The highest BCUT2D eigenvalue weighted by molar-refractivity contribution is 5.86. The number of nitrogens with one attached hydrogen (secondary N) is 1. The minimum Gasteiger partial charge on any atom is -0.477 e. The number of hydrogen-bond donors (Lipinski definition) is 7. The Labute approximate surface area is 168 Å². The smallest absolute Gasteiger partial charge is 0.342 e. The molecule has 0 spiro atoms. The number of aliphatic hydroxyl groups is 4. The molecule has 170 valence electrons. The van der Waals surface area contributed by atoms with Gasteiger partial charge in [0.15, 0.2) is 0 Å². The van der Waals surface area contributed by atoms with Crippen molar-refractivity contribution >= 4 is 5.97 Å². The lowest BCUT2D eigenvalue weighted by molar-refractivity contribution is -0.433. The topological polar surface area (TPSA) is 206 Å². The summed E-state index contributed by atoms with van der Waals surface area (Å²) in [5, 5.41) is 60.6. The number of ether oxygens (including phenoxy) is 1. The van der Waals surface area contributed by atoms with Gasteiger partial charge in [-0.2, -0.15) is 0 Å². The van der Waals surface area contributed by atoms with Crippen LogP contribution < -0.4 is 11.2 Å². The average Bonchev–Trinajstić information content (AvgIpc) is 2.83. The van der Waals surface area contributed by atoms with Crippen molar-refractivity contribution in [3.8, 4) is 0 Å². The van der Waals surface area contributed by atoms with Gasteiger partial charge in [0.05, 0.1) is 6.61 Å². The first kappa shape index (κ1) is 24.1. The molecular weight excluding hydrogens is 413 g/mol. The van der Waals surface area contributed by atoms with Crippen LogP contribution in [0.3, 0.4) is 0 Å². The third-order valence-electron chi connectivity index (χ3n) is 4.94. The van der Waals surface area contributed by atoms with Gasteiger partial charge in [-0.3, -0.25) is 9.78 Å². The van der Waals surface area contributed by atoms with Crippen molar-refractivity contribution in [2.75, 3.05) is 13.2 Å². The summed E-state index contributed by atoms with van der Waals surface area (Å²) in [6.07, 6.45) is 0.0583. The number of hydrogen-bond acceptors (Lipinski definition) is 10. The molecule has 2 rings (SSSR count). The molecule has 30 heavy (non-hydrogen) atoms. The number of unbranched alkanes of at least 4 members (excludes halogenated alkanes) is 3. The molecule has 7 N–H and O–H groups in total. The highest BCUT2D eigenvalue weighted by Gasteiger charge is 2.79. The van der Waals surface area contributed by atoms with Crippen LogP contribution in [-0.2, 0) is 10.6 Å². The van der Waals surface area contributed by atoms with Crippen molar-refractivity contribution in [2.45, 2.75) is 56.2 Å². The van der Waals surface area contributed by atoms with Crippen molar-refractivity contribution < 1.29 is 44.7 Å². The van der Waals surface area contributed by atoms with Gasteiger partial charge in [-0.05, 0) is 6.42 Å². The maximum absolute atomic E-state index is 15.2. The van der Waals surface area contributed by atoms with E-state index in [1.54, 1.807) is 4.98 Å². The third kappa shape index (κ3) is 3.56. The number of alkyl halides is 1. The van der Waals surface area contributed by atoms with Crippen molar-refractivity contribution in [1.29, 1.82) is 0 Å². The predicted octanol–water partition coefficient (Wildman–Crippen LogP) is -2.15. The molecule has 0 saturated carbocycles. The summed E-state index contributed by atoms with van der Waals surface area (Å²) < 4.78 is 19.8. The molecular formula is C16H24FN3O10. The number of halogens is 1. The molecule has 1 aliphatic rings. The fourth-order valence-corrected chi connectivity index (χ4v) is 3.24. The molecule has 13 nitrogen and oxygen atoms in total. The van der Waals surface area contributed by atoms with Crippen LogP contribution in [0.5, 0.6) is 0 Å². The second-order valence-corrected chi connectivity index (χ2v) is 6.90. The quantitative estimate of drug-likeness (QED) is 0.126. The molecule has 0 aliphatic carbocycles. The van der Waals surface area contributed by atoms with Gasteiger partial charge in [-0.25, -0.2) is 18.5 Å². The fraction of sp³-hybridized carbons (Fsp3) is 0.688. The molecule has 2 heterocycles. The van der Waals surface area contributed by atoms with Crippen molar-refractivity contribution in [1.82, 2.24) is 14.6 Å². The van der Waals surface area contributed by atoms with E-state index in [9.17, 15) is 40.0 Å². The summed E-state index contributed by atoms with van der Waals surface area (Å²) in [5.74, 6) is -9.55. The summed E-state index contributed by atoms with van der Waals surface area (Å²) in [6.45, 7) is 0.0597. The summed E-state index contributed by atoms with van der Waals surface area (Å²) >= 11 is 0. The Kier molecular flexibility index (Phi) is 6.82. The number of rotatable bonds is 9. The molecule has 0 aromatic carbocycles. The van der Waals surface area contributed by atoms with E-state index in [1.807, 2.05) is 6.92 Å². The molecule has 1 aliphatic heterocycles. The van der Waals surface area contributed by atoms with Gasteiger partial charge < -0.3 is 35.5 Å². The number of nitrogens with zero attached hydrogens (tertiary/aromatic N) is 2. The molecule has 0 unspecified atom stereocenters. The van der Waals surface area contributed by atoms with Crippen LogP contribution in [-0.4, -0.2) is 82.2 Å². The zero-order chi connectivity index (χ0) is 22.9. The first-order valence-electron chi connectivity index (χ1n) is 9.09. The van der Waals surface area contributed by atoms with Crippen molar-refractivity contribution in [3.63, 3.8) is 0 Å². The minimum absolute atomic E-state index is 0.104. The first-order valence-corrected chi connectivity index (χ1v) is 9.09. The minimum atomic E-state index is -4.05. The van der Waals surface area contributed by atoms with Crippen molar-refractivity contribution in [3.05, 3.63) is 32.6 Å². The molecule has 0 amide bonds. The van der Waals surface area contributed by atoms with E-state index >= 15 is 4.39 Å². The van der Waals surface area contributed by atoms with Crippen LogP contribution in [0.15, 0.2) is 15.8 Å². The molecule has 1 aromatic heterocycles. The van der Waals surface area contributed by atoms with Gasteiger partial charge in [0, 0.05) is 12.7 Å². The highest BCUT2D eigenvalue weighted by Crippen LogP contribution is 2.50. The van der Waals surface area contributed by atoms with E-state index in [2.05, 4.69) is 0 Å². The van der Waals surface area contributed by atoms with Crippen molar-refractivity contribution in [2.24, 2.45) is 0 Å². The molecule has 1 aromatic rings. The Morgan fingerprint density at radius 3 is 2.47 bits per heavy atom. The Morgan fingerprint density at radius 1 is 1.30 bits per heavy atom. The van der Waals surface area contributed by atoms with Crippen LogP contribution >= 0.6 is 0 Å². The van der Waals surface area contributed by atoms with Gasteiger partial charge in [0.2, 0.25) is 0 Å². The summed E-state index contributed by atoms with van der Waals surface area (Å²) in [6, 6.07) is 0. The van der Waals surface area contributed by atoms with Crippen LogP contribution in [0.4, 0.5) is 4.39 Å². The monoisotopic (exact) mass is 437 g/mol. The molecule has 1 saturated heterocycles. The van der Waals surface area contributed by atoms with Gasteiger partial charge in [-0.15, -0.1) is 5.06 Å². The van der Waals surface area contributed by atoms with Crippen LogP contribution in [0, 0.1) is 0 Å². The molecule has 14 heteroatoms. The van der Waals surface area contributed by atoms with E-state index < -0.39 is 59.5 Å². The van der Waals surface area contributed by atoms with E-state index in [1.165, 1.54) is 0 Å². The maximum Gasteiger partial charge on any atom is 0.342 e. The Bertz CT molecular complexity index is 902. The average molecular weight is 437 g/mol. The van der Waals surface area contributed by atoms with Crippen LogP contribution in [0.2, 0.25) is 0 Å². The molecule has 4 atom stereocenters. The SMILES string of the molecule is CCCCCCN(O)[C@@]1(O)[C@@](O)(F)[C@@H](CO)O[C@@]1(O)n1cc(C(=O)O)c(=O)[nH]c1=O. The van der Waals surface area contributed by atoms with E-state index in [4.69, 9.17) is 9.84 Å². The largest absolute Gasteiger partial charge is 0.477 e. The van der Waals surface area contributed by atoms with Gasteiger partial charge in [0.1, 0.15) is 11.7 Å². The van der Waals surface area contributed by atoms with Gasteiger partial charge >= 0.3 is 17.6 Å². The van der Waals surface area contributed by atoms with Gasteiger partial charge in [0.25, 0.3) is 17.1 Å². The molecule has 1 fully saturated rings. The summed E-state index contributed by atoms with van der Waals surface area (Å²) in [4.78, 5) is 36.6. The number of aromatic amines is 1. The van der Waals surface area contributed by atoms with Crippen LogP contribution in [0.25, 0.3) is 0 Å². The number of hydroxylamine groups is 2. The number of carbonyl (C=O) groups is 1. The number of aliphatic hydroxyl groups excluding tert-OH is 1. The zero-order valence-corrected chi connectivity index (χ0v) is 16.0. The second kappa shape index (κ2) is 8.50. The number of carboxylic acids is 1. The number of aromatic nitrogens is 2.